The Kier molecular flexibility index (Phi) is 8.86. The molecule has 4 amide bonds. The van der Waals surface area contributed by atoms with Gasteiger partial charge in [-0.3, -0.25) is 24.7 Å². The number of Topliss-reactive ketones (excluding diaryl/α,β-unsaturated/α-hetero) is 1. The van der Waals surface area contributed by atoms with Gasteiger partial charge >= 0.3 is 18.0 Å². The predicted octanol–water partition coefficient (Wildman–Crippen LogP) is 1.12. The molecule has 0 bridgehead atoms. The number of nitrogens with two attached hydrogens (primary N) is 1. The molecule has 3 saturated heterocycles. The van der Waals surface area contributed by atoms with Crippen molar-refractivity contribution in [2.75, 3.05) is 18.8 Å². The van der Waals surface area contributed by atoms with E-state index in [1.165, 1.54) is 24.1 Å². The maximum absolute atomic E-state index is 13.6. The second-order valence-electron chi connectivity index (χ2n) is 11.6. The van der Waals surface area contributed by atoms with Gasteiger partial charge in [0.1, 0.15) is 5.69 Å². The van der Waals surface area contributed by atoms with Gasteiger partial charge in [-0.1, -0.05) is 28.5 Å². The summed E-state index contributed by atoms with van der Waals surface area (Å²) in [5.41, 5.74) is 5.57. The van der Waals surface area contributed by atoms with Crippen LogP contribution in [-0.4, -0.2) is 116 Å². The average molecular weight is 726 g/mol. The fourth-order valence-electron chi connectivity index (χ4n) is 5.31. The Morgan fingerprint density at radius 3 is 2.52 bits per heavy atom. The van der Waals surface area contributed by atoms with Crippen molar-refractivity contribution < 1.29 is 54.0 Å². The number of ketones is 1. The maximum Gasteiger partial charge on any atom is 0.350 e. The van der Waals surface area contributed by atoms with Gasteiger partial charge in [0.15, 0.2) is 28.1 Å². The van der Waals surface area contributed by atoms with Crippen LogP contribution in [-0.2, 0) is 24.0 Å². The Hall–Kier alpha value is -4.82. The molecule has 4 heterocycles. The number of carboxylic acids is 2. The van der Waals surface area contributed by atoms with Gasteiger partial charge in [0, 0.05) is 11.8 Å². The Bertz CT molecular complexity index is 1790. The van der Waals surface area contributed by atoms with Crippen molar-refractivity contribution in [3.8, 4) is 11.5 Å². The van der Waals surface area contributed by atoms with Crippen LogP contribution in [0.25, 0.3) is 0 Å². The summed E-state index contributed by atoms with van der Waals surface area (Å²) in [4.78, 5) is 87.0. The number of carbonyl (C=O) groups is 6. The number of phenolic OH excluding ortho intramolecular Hbond substituents is 2. The highest BCUT2D eigenvalue weighted by atomic mass is 35.5. The number of rotatable bonds is 11. The van der Waals surface area contributed by atoms with E-state index in [4.69, 9.17) is 22.2 Å². The summed E-state index contributed by atoms with van der Waals surface area (Å²) in [5, 5.41) is 44.1. The number of fused-ring (bicyclic) bond motifs is 1. The van der Waals surface area contributed by atoms with Crippen LogP contribution in [0, 0.1) is 5.92 Å². The van der Waals surface area contributed by atoms with Crippen LogP contribution in [0.1, 0.15) is 43.2 Å². The Labute approximate surface area is 284 Å². The van der Waals surface area contributed by atoms with Crippen molar-refractivity contribution in [3.63, 3.8) is 0 Å². The van der Waals surface area contributed by atoms with Crippen molar-refractivity contribution in [1.82, 2.24) is 25.2 Å². The fourth-order valence-corrected chi connectivity index (χ4v) is 7.87. The number of thioether (sulfide) groups is 1. The molecule has 7 N–H and O–H groups in total. The lowest BCUT2D eigenvalue weighted by molar-refractivity contribution is -0.161. The number of aliphatic carboxylic acids is 2. The number of hydrogen-bond donors (Lipinski definition) is 6. The molecule has 2 aromatic rings. The highest BCUT2D eigenvalue weighted by Gasteiger charge is 2.67. The molecule has 3 aliphatic heterocycles. The van der Waals surface area contributed by atoms with Crippen molar-refractivity contribution in [3.05, 3.63) is 33.8 Å². The van der Waals surface area contributed by atoms with E-state index >= 15 is 0 Å². The number of nitrogens with zero attached hydrogens (tertiary/aromatic N) is 5. The number of phenols is 2. The number of urea groups is 1. The number of halogens is 1. The number of oxime groups is 1. The summed E-state index contributed by atoms with van der Waals surface area (Å²) < 4.78 is 0. The first kappa shape index (κ1) is 34.5. The molecule has 0 radical (unpaired) electrons. The number of aromatic hydroxyl groups is 2. The SMILES string of the molecule is CC1CN(NC(=O)c2ccc(O)c(O)c2Cl)C(=O)N1[C@]1(C(=O)O)CN2C(=O)[C@@H](CC(=O)/C(=N\OC(C)(C)C(=O)O)c3csc(N)n3)[C@H]2S1. The molecule has 0 spiro atoms. The molecule has 18 nitrogen and oxygen atoms in total. The molecule has 1 unspecified atom stereocenters. The van der Waals surface area contributed by atoms with Gasteiger partial charge in [0.05, 0.1) is 41.0 Å². The van der Waals surface area contributed by atoms with Gasteiger partial charge in [-0.25, -0.2) is 24.4 Å². The van der Waals surface area contributed by atoms with Crippen LogP contribution in [0.2, 0.25) is 5.02 Å². The second-order valence-corrected chi connectivity index (χ2v) is 14.2. The lowest BCUT2D eigenvalue weighted by Gasteiger charge is -2.40. The molecular weight excluding hydrogens is 698 g/mol. The van der Waals surface area contributed by atoms with E-state index in [0.29, 0.717) is 0 Å². The van der Waals surface area contributed by atoms with Gasteiger partial charge < -0.3 is 35.9 Å². The van der Waals surface area contributed by atoms with E-state index in [1.54, 1.807) is 6.92 Å². The first-order valence-electron chi connectivity index (χ1n) is 14.0. The summed E-state index contributed by atoms with van der Waals surface area (Å²) >= 11 is 7.75. The monoisotopic (exact) mass is 725 g/mol. The smallest absolute Gasteiger partial charge is 0.350 e. The summed E-state index contributed by atoms with van der Waals surface area (Å²) in [6, 6.07) is 0.457. The first-order chi connectivity index (χ1) is 22.4. The quantitative estimate of drug-likeness (QED) is 0.0821. The molecule has 0 aliphatic carbocycles. The summed E-state index contributed by atoms with van der Waals surface area (Å²) in [6.45, 7) is 3.39. The van der Waals surface area contributed by atoms with Gasteiger partial charge in [-0.05, 0) is 32.9 Å². The van der Waals surface area contributed by atoms with Crippen LogP contribution in [0.3, 0.4) is 0 Å². The summed E-state index contributed by atoms with van der Waals surface area (Å²) in [7, 11) is 0. The van der Waals surface area contributed by atoms with E-state index in [0.717, 1.165) is 45.1 Å². The molecular formula is C27H28ClN7O11S2. The van der Waals surface area contributed by atoms with Crippen LogP contribution >= 0.6 is 34.7 Å². The van der Waals surface area contributed by atoms with Crippen LogP contribution in [0.15, 0.2) is 22.7 Å². The molecule has 48 heavy (non-hydrogen) atoms. The topological polar surface area (TPSA) is 266 Å². The molecule has 5 rings (SSSR count). The number of anilines is 1. The van der Waals surface area contributed by atoms with Crippen LogP contribution in [0.4, 0.5) is 9.93 Å². The minimum Gasteiger partial charge on any atom is -0.504 e. The summed E-state index contributed by atoms with van der Waals surface area (Å²) in [6.07, 6.45) is -0.470. The lowest BCUT2D eigenvalue weighted by Crippen LogP contribution is -2.61. The predicted molar refractivity (Wildman–Crippen MR) is 168 cm³/mol. The number of carbonyl (C=O) groups excluding carboxylic acids is 4. The number of β-lactam (4-membered cyclic amide) rings is 1. The zero-order valence-electron chi connectivity index (χ0n) is 25.2. The highest BCUT2D eigenvalue weighted by Crippen LogP contribution is 2.53. The van der Waals surface area contributed by atoms with E-state index < -0.39 is 92.9 Å². The highest BCUT2D eigenvalue weighted by molar-refractivity contribution is 8.02. The minimum absolute atomic E-state index is 0.00583. The van der Waals surface area contributed by atoms with E-state index in [1.807, 2.05) is 0 Å². The van der Waals surface area contributed by atoms with Crippen molar-refractivity contribution >= 4 is 81.1 Å². The van der Waals surface area contributed by atoms with Crippen molar-refractivity contribution in [2.45, 2.75) is 49.1 Å². The fraction of sp³-hybridized carbons (Fsp3) is 0.407. The van der Waals surface area contributed by atoms with Gasteiger partial charge in [-0.2, -0.15) is 0 Å². The van der Waals surface area contributed by atoms with E-state index in [2.05, 4.69) is 15.6 Å². The van der Waals surface area contributed by atoms with Gasteiger partial charge in [0.2, 0.25) is 16.4 Å². The molecule has 3 fully saturated rings. The van der Waals surface area contributed by atoms with Gasteiger partial charge in [0.25, 0.3) is 5.91 Å². The normalized spacial score (nSPS) is 24.0. The lowest BCUT2D eigenvalue weighted by atomic mass is 9.90. The summed E-state index contributed by atoms with van der Waals surface area (Å²) in [5.74, 6) is -7.37. The standard InChI is InChI=1S/C27H28ClN7O11S2/c1-10-7-34(31-19(39)11-4-5-14(36)18(38)16(11)28)25(45)35(10)27(23(43)44)9-33-20(40)12(21(33)48-27)6-15(37)17(13-8-47-24(29)30-13)32-46-26(2,3)22(41)42/h4-5,8,10,12,21,36,38H,6-7,9H2,1-3H3,(H2,29,30)(H,31,39)(H,41,42)(H,43,44)/b32-17-/t10?,12-,21-,27-/m1/s1. The van der Waals surface area contributed by atoms with Crippen LogP contribution in [0.5, 0.6) is 11.5 Å². The number of carboxylic acid groups (broad SMARTS) is 2. The first-order valence-corrected chi connectivity index (χ1v) is 16.1. The third kappa shape index (κ3) is 5.79. The Morgan fingerprint density at radius 1 is 1.23 bits per heavy atom. The second kappa shape index (κ2) is 12.3. The molecule has 3 aliphatic rings. The number of amides is 4. The number of hydrazine groups is 1. The number of nitrogens with one attached hydrogen (secondary N) is 1. The number of hydrogen-bond acceptors (Lipinski definition) is 14. The maximum atomic E-state index is 13.6. The zero-order chi connectivity index (χ0) is 35.5. The molecule has 256 valence electrons. The average Bonchev–Trinajstić information content (AvgIpc) is 3.68. The molecule has 21 heteroatoms. The molecule has 1 aromatic carbocycles. The van der Waals surface area contributed by atoms with Crippen molar-refractivity contribution in [1.29, 1.82) is 0 Å². The molecule has 0 saturated carbocycles. The Morgan fingerprint density at radius 2 is 1.92 bits per heavy atom. The third-order valence-corrected chi connectivity index (χ3v) is 10.7. The minimum atomic E-state index is -2.00. The van der Waals surface area contributed by atoms with Crippen LogP contribution < -0.4 is 11.2 Å². The van der Waals surface area contributed by atoms with E-state index in [9.17, 15) is 49.2 Å². The van der Waals surface area contributed by atoms with E-state index in [-0.39, 0.29) is 28.6 Å². The number of benzene rings is 1. The van der Waals surface area contributed by atoms with Crippen molar-refractivity contribution in [2.24, 2.45) is 11.1 Å². The molecule has 4 atom stereocenters. The zero-order valence-corrected chi connectivity index (χ0v) is 27.6. The number of aromatic nitrogens is 1. The Balaban J connectivity index is 1.34. The number of nitrogen functional groups attached to an aromatic ring is 1. The molecule has 1 aromatic heterocycles. The largest absolute Gasteiger partial charge is 0.504 e. The third-order valence-electron chi connectivity index (χ3n) is 7.89. The van der Waals surface area contributed by atoms with Gasteiger partial charge in [-0.15, -0.1) is 11.3 Å². The number of thiazole rings is 1.